The number of ketones is 1. The van der Waals surface area contributed by atoms with Crippen molar-refractivity contribution in [2.24, 2.45) is 0 Å². The number of aryl methyl sites for hydroxylation is 2. The molecule has 0 atom stereocenters. The number of esters is 1. The van der Waals surface area contributed by atoms with Crippen molar-refractivity contribution < 1.29 is 23.2 Å². The van der Waals surface area contributed by atoms with Crippen LogP contribution in [0.15, 0.2) is 21.0 Å². The number of carbonyl (C=O) groups is 2. The van der Waals surface area contributed by atoms with E-state index in [9.17, 15) is 9.59 Å². The van der Waals surface area contributed by atoms with Gasteiger partial charge in [-0.25, -0.2) is 4.79 Å². The standard InChI is InChI=1S/C14H14O5/c1-7-8(2)18-9(3)12(7)13(15)10-5-6-11(19-10)14(16)17-4/h5-6H,1-4H3. The first kappa shape index (κ1) is 13.1. The van der Waals surface area contributed by atoms with Gasteiger partial charge in [0.1, 0.15) is 11.5 Å². The van der Waals surface area contributed by atoms with E-state index >= 15 is 0 Å². The normalized spacial score (nSPS) is 10.5. The lowest BCUT2D eigenvalue weighted by Gasteiger charge is -1.97. The summed E-state index contributed by atoms with van der Waals surface area (Å²) in [6.07, 6.45) is 0. The zero-order chi connectivity index (χ0) is 14.2. The van der Waals surface area contributed by atoms with Crippen LogP contribution in [-0.4, -0.2) is 18.9 Å². The second kappa shape index (κ2) is 4.76. The van der Waals surface area contributed by atoms with Crippen LogP contribution in [0, 0.1) is 20.8 Å². The minimum Gasteiger partial charge on any atom is -0.466 e. The molecule has 0 unspecified atom stereocenters. The van der Waals surface area contributed by atoms with Gasteiger partial charge in [0.2, 0.25) is 11.5 Å². The molecule has 2 aromatic heterocycles. The number of ether oxygens (including phenoxy) is 1. The van der Waals surface area contributed by atoms with E-state index in [0.29, 0.717) is 17.1 Å². The molecule has 2 rings (SSSR count). The molecule has 100 valence electrons. The van der Waals surface area contributed by atoms with Gasteiger partial charge in [-0.1, -0.05) is 0 Å². The number of methoxy groups -OCH3 is 1. The molecule has 0 bridgehead atoms. The molecular formula is C14H14O5. The molecule has 2 aromatic rings. The second-order valence-electron chi connectivity index (χ2n) is 4.20. The lowest BCUT2D eigenvalue weighted by atomic mass is 10.0. The predicted octanol–water partition coefficient (Wildman–Crippen LogP) is 2.82. The maximum Gasteiger partial charge on any atom is 0.373 e. The van der Waals surface area contributed by atoms with Crippen LogP contribution in [0.5, 0.6) is 0 Å². The van der Waals surface area contributed by atoms with E-state index in [1.807, 2.05) is 6.92 Å². The molecule has 0 aliphatic rings. The summed E-state index contributed by atoms with van der Waals surface area (Å²) in [5, 5.41) is 0. The maximum atomic E-state index is 12.3. The van der Waals surface area contributed by atoms with Crippen molar-refractivity contribution in [2.45, 2.75) is 20.8 Å². The van der Waals surface area contributed by atoms with Gasteiger partial charge in [0.25, 0.3) is 0 Å². The Bertz CT molecular complexity index is 645. The van der Waals surface area contributed by atoms with Gasteiger partial charge in [0.15, 0.2) is 5.76 Å². The quantitative estimate of drug-likeness (QED) is 0.628. The van der Waals surface area contributed by atoms with Crippen LogP contribution in [0.25, 0.3) is 0 Å². The molecule has 0 saturated carbocycles. The average molecular weight is 262 g/mol. The summed E-state index contributed by atoms with van der Waals surface area (Å²) in [5.41, 5.74) is 1.25. The lowest BCUT2D eigenvalue weighted by Crippen LogP contribution is -2.03. The Hall–Kier alpha value is -2.30. The molecule has 0 saturated heterocycles. The number of carbonyl (C=O) groups excluding carboxylic acids is 2. The molecule has 5 heteroatoms. The van der Waals surface area contributed by atoms with Crippen LogP contribution >= 0.6 is 0 Å². The summed E-state index contributed by atoms with van der Waals surface area (Å²) in [4.78, 5) is 23.6. The van der Waals surface area contributed by atoms with Crippen LogP contribution in [0.4, 0.5) is 0 Å². The molecule has 0 N–H and O–H groups in total. The highest BCUT2D eigenvalue weighted by Crippen LogP contribution is 2.24. The summed E-state index contributed by atoms with van der Waals surface area (Å²) in [6.45, 7) is 5.32. The summed E-state index contributed by atoms with van der Waals surface area (Å²) >= 11 is 0. The Morgan fingerprint density at radius 2 is 1.63 bits per heavy atom. The molecule has 2 heterocycles. The van der Waals surface area contributed by atoms with E-state index in [0.717, 1.165) is 5.56 Å². The third kappa shape index (κ3) is 2.19. The number of furan rings is 2. The monoisotopic (exact) mass is 262 g/mol. The van der Waals surface area contributed by atoms with Crippen molar-refractivity contribution in [3.05, 3.63) is 46.3 Å². The number of hydrogen-bond donors (Lipinski definition) is 0. The fourth-order valence-electron chi connectivity index (χ4n) is 1.92. The Morgan fingerprint density at radius 1 is 1.00 bits per heavy atom. The van der Waals surface area contributed by atoms with E-state index in [1.54, 1.807) is 13.8 Å². The first-order chi connectivity index (χ1) is 8.95. The molecule has 0 aliphatic heterocycles. The lowest BCUT2D eigenvalue weighted by molar-refractivity contribution is 0.0563. The molecule has 0 aromatic carbocycles. The third-order valence-electron chi connectivity index (χ3n) is 3.00. The van der Waals surface area contributed by atoms with Crippen LogP contribution in [0.3, 0.4) is 0 Å². The number of hydrogen-bond acceptors (Lipinski definition) is 5. The van der Waals surface area contributed by atoms with Gasteiger partial charge in [-0.05, 0) is 32.9 Å². The van der Waals surface area contributed by atoms with Gasteiger partial charge in [0.05, 0.1) is 12.7 Å². The van der Waals surface area contributed by atoms with Gasteiger partial charge >= 0.3 is 5.97 Å². The third-order valence-corrected chi connectivity index (χ3v) is 3.00. The molecule has 0 spiro atoms. The SMILES string of the molecule is COC(=O)c1ccc(C(=O)c2c(C)oc(C)c2C)o1. The molecule has 19 heavy (non-hydrogen) atoms. The van der Waals surface area contributed by atoms with E-state index < -0.39 is 5.97 Å². The molecule has 0 amide bonds. The summed E-state index contributed by atoms with van der Waals surface area (Å²) in [6, 6.07) is 2.87. The molecule has 0 aliphatic carbocycles. The van der Waals surface area contributed by atoms with Gasteiger partial charge in [-0.15, -0.1) is 0 Å². The zero-order valence-electron chi connectivity index (χ0n) is 11.2. The van der Waals surface area contributed by atoms with Crippen LogP contribution in [0.1, 0.15) is 43.8 Å². The molecule has 0 radical (unpaired) electrons. The first-order valence-corrected chi connectivity index (χ1v) is 5.75. The fourth-order valence-corrected chi connectivity index (χ4v) is 1.92. The van der Waals surface area contributed by atoms with Crippen LogP contribution < -0.4 is 0 Å². The summed E-state index contributed by atoms with van der Waals surface area (Å²) < 4.78 is 15.1. The summed E-state index contributed by atoms with van der Waals surface area (Å²) in [7, 11) is 1.25. The Labute approximate surface area is 110 Å². The van der Waals surface area contributed by atoms with Crippen molar-refractivity contribution in [1.82, 2.24) is 0 Å². The Morgan fingerprint density at radius 3 is 2.16 bits per heavy atom. The fraction of sp³-hybridized carbons (Fsp3) is 0.286. The van der Waals surface area contributed by atoms with E-state index in [1.165, 1.54) is 19.2 Å². The van der Waals surface area contributed by atoms with E-state index in [2.05, 4.69) is 4.74 Å². The Balaban J connectivity index is 2.39. The highest BCUT2D eigenvalue weighted by atomic mass is 16.5. The minimum absolute atomic E-state index is 0.00127. The molecular weight excluding hydrogens is 248 g/mol. The van der Waals surface area contributed by atoms with Crippen molar-refractivity contribution in [2.75, 3.05) is 7.11 Å². The van der Waals surface area contributed by atoms with Gasteiger partial charge in [-0.2, -0.15) is 0 Å². The second-order valence-corrected chi connectivity index (χ2v) is 4.20. The van der Waals surface area contributed by atoms with Gasteiger partial charge in [-0.3, -0.25) is 4.79 Å². The highest BCUT2D eigenvalue weighted by molar-refractivity contribution is 6.09. The minimum atomic E-state index is -0.615. The molecule has 0 fully saturated rings. The summed E-state index contributed by atoms with van der Waals surface area (Å²) in [5.74, 6) is 0.406. The topological polar surface area (TPSA) is 69.7 Å². The predicted molar refractivity (Wildman–Crippen MR) is 66.4 cm³/mol. The smallest absolute Gasteiger partial charge is 0.373 e. The number of rotatable bonds is 3. The zero-order valence-corrected chi connectivity index (χ0v) is 11.2. The van der Waals surface area contributed by atoms with Gasteiger partial charge in [0, 0.05) is 5.56 Å². The van der Waals surface area contributed by atoms with Crippen molar-refractivity contribution >= 4 is 11.8 Å². The van der Waals surface area contributed by atoms with Crippen LogP contribution in [0.2, 0.25) is 0 Å². The first-order valence-electron chi connectivity index (χ1n) is 5.75. The van der Waals surface area contributed by atoms with Crippen molar-refractivity contribution in [3.8, 4) is 0 Å². The molecule has 5 nitrogen and oxygen atoms in total. The van der Waals surface area contributed by atoms with Crippen molar-refractivity contribution in [3.63, 3.8) is 0 Å². The van der Waals surface area contributed by atoms with E-state index in [-0.39, 0.29) is 17.3 Å². The van der Waals surface area contributed by atoms with Gasteiger partial charge < -0.3 is 13.6 Å². The van der Waals surface area contributed by atoms with Crippen molar-refractivity contribution in [1.29, 1.82) is 0 Å². The van der Waals surface area contributed by atoms with E-state index in [4.69, 9.17) is 8.83 Å². The van der Waals surface area contributed by atoms with Crippen LogP contribution in [-0.2, 0) is 4.74 Å². The largest absolute Gasteiger partial charge is 0.466 e. The maximum absolute atomic E-state index is 12.3. The highest BCUT2D eigenvalue weighted by Gasteiger charge is 2.23. The average Bonchev–Trinajstić information content (AvgIpc) is 2.95. The Kier molecular flexibility index (Phi) is 3.29.